The van der Waals surface area contributed by atoms with Crippen LogP contribution in [-0.4, -0.2) is 25.8 Å². The monoisotopic (exact) mass is 255 g/mol. The lowest BCUT2D eigenvalue weighted by Gasteiger charge is -2.07. The predicted octanol–water partition coefficient (Wildman–Crippen LogP) is 2.06. The van der Waals surface area contributed by atoms with Crippen LogP contribution in [0.1, 0.15) is 23.2 Å². The van der Waals surface area contributed by atoms with E-state index in [1.165, 1.54) is 0 Å². The molecular formula is C12H14ClNO3. The first-order chi connectivity index (χ1) is 8.17. The topological polar surface area (TPSA) is 55.4 Å². The SMILES string of the molecule is CNC(=O)CCCOc1ccc(C=O)cc1Cl. The summed E-state index contributed by atoms with van der Waals surface area (Å²) in [5, 5.41) is 2.93. The Kier molecular flexibility index (Phi) is 5.49. The molecule has 0 heterocycles. The fourth-order valence-corrected chi connectivity index (χ4v) is 1.49. The third kappa shape index (κ3) is 4.44. The highest BCUT2D eigenvalue weighted by atomic mass is 35.5. The molecule has 0 saturated heterocycles. The average molecular weight is 256 g/mol. The molecule has 0 spiro atoms. The second-order valence-corrected chi connectivity index (χ2v) is 3.84. The number of carbonyl (C=O) groups is 2. The summed E-state index contributed by atoms with van der Waals surface area (Å²) in [7, 11) is 1.60. The Morgan fingerprint density at radius 2 is 2.29 bits per heavy atom. The normalized spacial score (nSPS) is 9.76. The van der Waals surface area contributed by atoms with E-state index < -0.39 is 0 Å². The van der Waals surface area contributed by atoms with Crippen molar-refractivity contribution >= 4 is 23.8 Å². The molecule has 0 fully saturated rings. The molecule has 0 atom stereocenters. The van der Waals surface area contributed by atoms with Crippen molar-refractivity contribution in [1.29, 1.82) is 0 Å². The largest absolute Gasteiger partial charge is 0.492 e. The number of carbonyl (C=O) groups excluding carboxylic acids is 2. The van der Waals surface area contributed by atoms with Crippen molar-refractivity contribution in [1.82, 2.24) is 5.32 Å². The van der Waals surface area contributed by atoms with E-state index in [0.717, 1.165) is 6.29 Å². The third-order valence-electron chi connectivity index (χ3n) is 2.18. The molecule has 1 rings (SSSR count). The van der Waals surface area contributed by atoms with E-state index in [1.807, 2.05) is 0 Å². The lowest BCUT2D eigenvalue weighted by atomic mass is 10.2. The van der Waals surface area contributed by atoms with Gasteiger partial charge in [-0.15, -0.1) is 0 Å². The van der Waals surface area contributed by atoms with Crippen LogP contribution < -0.4 is 10.1 Å². The quantitative estimate of drug-likeness (QED) is 0.625. The lowest BCUT2D eigenvalue weighted by molar-refractivity contribution is -0.120. The molecule has 17 heavy (non-hydrogen) atoms. The number of halogens is 1. The Hall–Kier alpha value is -1.55. The smallest absolute Gasteiger partial charge is 0.219 e. The second-order valence-electron chi connectivity index (χ2n) is 3.43. The van der Waals surface area contributed by atoms with Crippen molar-refractivity contribution in [3.8, 4) is 5.75 Å². The number of aldehydes is 1. The molecule has 1 aromatic carbocycles. The molecule has 1 amide bonds. The Morgan fingerprint density at radius 3 is 2.88 bits per heavy atom. The fourth-order valence-electron chi connectivity index (χ4n) is 1.25. The van der Waals surface area contributed by atoms with Gasteiger partial charge in [0, 0.05) is 19.0 Å². The van der Waals surface area contributed by atoms with Crippen molar-refractivity contribution in [3.05, 3.63) is 28.8 Å². The summed E-state index contributed by atoms with van der Waals surface area (Å²) in [5.74, 6) is 0.505. The van der Waals surface area contributed by atoms with E-state index in [1.54, 1.807) is 25.2 Å². The number of amides is 1. The van der Waals surface area contributed by atoms with Gasteiger partial charge in [0.15, 0.2) is 0 Å². The maximum atomic E-state index is 10.9. The molecule has 0 bridgehead atoms. The number of rotatable bonds is 6. The van der Waals surface area contributed by atoms with Crippen molar-refractivity contribution in [2.24, 2.45) is 0 Å². The summed E-state index contributed by atoms with van der Waals surface area (Å²) in [5.41, 5.74) is 0.507. The van der Waals surface area contributed by atoms with E-state index in [9.17, 15) is 9.59 Å². The molecule has 0 aromatic heterocycles. The second kappa shape index (κ2) is 6.91. The maximum Gasteiger partial charge on any atom is 0.219 e. The van der Waals surface area contributed by atoms with E-state index >= 15 is 0 Å². The average Bonchev–Trinajstić information content (AvgIpc) is 2.35. The number of ether oxygens (including phenoxy) is 1. The molecule has 92 valence electrons. The highest BCUT2D eigenvalue weighted by Gasteiger charge is 2.03. The van der Waals surface area contributed by atoms with Gasteiger partial charge in [-0.1, -0.05) is 11.6 Å². The molecular weight excluding hydrogens is 242 g/mol. The van der Waals surface area contributed by atoms with Gasteiger partial charge in [-0.05, 0) is 24.6 Å². The molecule has 0 saturated carbocycles. The first-order valence-electron chi connectivity index (χ1n) is 5.25. The van der Waals surface area contributed by atoms with Crippen molar-refractivity contribution in [2.45, 2.75) is 12.8 Å². The van der Waals surface area contributed by atoms with Crippen LogP contribution >= 0.6 is 11.6 Å². The summed E-state index contributed by atoms with van der Waals surface area (Å²) >= 11 is 5.91. The zero-order chi connectivity index (χ0) is 12.7. The molecule has 0 unspecified atom stereocenters. The van der Waals surface area contributed by atoms with Crippen LogP contribution in [0.15, 0.2) is 18.2 Å². The Balaban J connectivity index is 2.41. The molecule has 0 radical (unpaired) electrons. The Morgan fingerprint density at radius 1 is 1.53 bits per heavy atom. The van der Waals surface area contributed by atoms with Gasteiger partial charge in [0.2, 0.25) is 5.91 Å². The number of hydrogen-bond donors (Lipinski definition) is 1. The van der Waals surface area contributed by atoms with Gasteiger partial charge in [-0.25, -0.2) is 0 Å². The van der Waals surface area contributed by atoms with Crippen LogP contribution in [0.5, 0.6) is 5.75 Å². The first-order valence-corrected chi connectivity index (χ1v) is 5.63. The zero-order valence-corrected chi connectivity index (χ0v) is 10.3. The minimum Gasteiger partial charge on any atom is -0.492 e. The van der Waals surface area contributed by atoms with Crippen molar-refractivity contribution in [3.63, 3.8) is 0 Å². The van der Waals surface area contributed by atoms with E-state index in [-0.39, 0.29) is 5.91 Å². The number of benzene rings is 1. The molecule has 1 aromatic rings. The van der Waals surface area contributed by atoms with Gasteiger partial charge in [-0.3, -0.25) is 9.59 Å². The van der Waals surface area contributed by atoms with Crippen LogP contribution in [0.25, 0.3) is 0 Å². The predicted molar refractivity (Wildman–Crippen MR) is 65.6 cm³/mol. The van der Waals surface area contributed by atoms with Crippen molar-refractivity contribution in [2.75, 3.05) is 13.7 Å². The molecule has 5 heteroatoms. The van der Waals surface area contributed by atoms with Crippen molar-refractivity contribution < 1.29 is 14.3 Å². The summed E-state index contributed by atoms with van der Waals surface area (Å²) < 4.78 is 5.40. The van der Waals surface area contributed by atoms with E-state index in [0.29, 0.717) is 35.8 Å². The Bertz CT molecular complexity index is 407. The molecule has 0 aliphatic rings. The minimum absolute atomic E-state index is 0.0176. The van der Waals surface area contributed by atoms with Gasteiger partial charge in [0.05, 0.1) is 11.6 Å². The maximum absolute atomic E-state index is 10.9. The van der Waals surface area contributed by atoms with Crippen LogP contribution in [-0.2, 0) is 4.79 Å². The molecule has 1 N–H and O–H groups in total. The summed E-state index contributed by atoms with van der Waals surface area (Å²) in [6, 6.07) is 4.82. The number of nitrogens with one attached hydrogen (secondary N) is 1. The first kappa shape index (κ1) is 13.5. The van der Waals surface area contributed by atoms with Gasteiger partial charge in [0.25, 0.3) is 0 Å². The zero-order valence-electron chi connectivity index (χ0n) is 9.53. The van der Waals surface area contributed by atoms with Crippen LogP contribution in [0.4, 0.5) is 0 Å². The van der Waals surface area contributed by atoms with E-state index in [4.69, 9.17) is 16.3 Å². The highest BCUT2D eigenvalue weighted by Crippen LogP contribution is 2.25. The summed E-state index contributed by atoms with van der Waals surface area (Å²) in [6.45, 7) is 0.410. The molecule has 4 nitrogen and oxygen atoms in total. The number of hydrogen-bond acceptors (Lipinski definition) is 3. The summed E-state index contributed by atoms with van der Waals surface area (Å²) in [6.07, 6.45) is 1.76. The van der Waals surface area contributed by atoms with Gasteiger partial charge in [0.1, 0.15) is 12.0 Å². The molecule has 0 aliphatic heterocycles. The van der Waals surface area contributed by atoms with Crippen LogP contribution in [0.3, 0.4) is 0 Å². The summed E-state index contributed by atoms with van der Waals surface area (Å²) in [4.78, 5) is 21.4. The fraction of sp³-hybridized carbons (Fsp3) is 0.333. The van der Waals surface area contributed by atoms with Crippen LogP contribution in [0.2, 0.25) is 5.02 Å². The third-order valence-corrected chi connectivity index (χ3v) is 2.47. The van der Waals surface area contributed by atoms with Crippen LogP contribution in [0, 0.1) is 0 Å². The highest BCUT2D eigenvalue weighted by molar-refractivity contribution is 6.32. The lowest BCUT2D eigenvalue weighted by Crippen LogP contribution is -2.18. The standard InChI is InChI=1S/C12H14ClNO3/c1-14-12(16)3-2-6-17-11-5-4-9(8-15)7-10(11)13/h4-5,7-8H,2-3,6H2,1H3,(H,14,16). The Labute approximate surface area is 105 Å². The van der Waals surface area contributed by atoms with Gasteiger partial charge >= 0.3 is 0 Å². The van der Waals surface area contributed by atoms with Gasteiger partial charge < -0.3 is 10.1 Å². The van der Waals surface area contributed by atoms with E-state index in [2.05, 4.69) is 5.32 Å². The molecule has 0 aliphatic carbocycles. The minimum atomic E-state index is -0.0176. The van der Waals surface area contributed by atoms with Gasteiger partial charge in [-0.2, -0.15) is 0 Å².